The highest BCUT2D eigenvalue weighted by Crippen LogP contribution is 2.51. The van der Waals surface area contributed by atoms with Crippen LogP contribution in [-0.4, -0.2) is 5.78 Å². The van der Waals surface area contributed by atoms with Gasteiger partial charge in [-0.3, -0.25) is 4.79 Å². The van der Waals surface area contributed by atoms with Crippen LogP contribution in [0.25, 0.3) is 0 Å². The number of carbonyl (C=O) groups excluding carboxylic acids is 1. The van der Waals surface area contributed by atoms with E-state index in [0.29, 0.717) is 16.6 Å². The van der Waals surface area contributed by atoms with E-state index in [0.717, 1.165) is 25.2 Å². The molecule has 0 bridgehead atoms. The van der Waals surface area contributed by atoms with Crippen molar-refractivity contribution in [2.45, 2.75) is 59.8 Å². The third-order valence-electron chi connectivity index (χ3n) is 4.77. The Bertz CT molecular complexity index is 332. The highest BCUT2D eigenvalue weighted by atomic mass is 16.1. The molecule has 2 aliphatic carbocycles. The summed E-state index contributed by atoms with van der Waals surface area (Å²) < 4.78 is 0. The van der Waals surface area contributed by atoms with Crippen molar-refractivity contribution in [3.63, 3.8) is 0 Å². The third-order valence-corrected chi connectivity index (χ3v) is 4.77. The van der Waals surface area contributed by atoms with Crippen LogP contribution in [0.5, 0.6) is 0 Å². The Balaban J connectivity index is 2.22. The van der Waals surface area contributed by atoms with Crippen molar-refractivity contribution in [3.8, 4) is 0 Å². The lowest BCUT2D eigenvalue weighted by Crippen LogP contribution is -2.35. The minimum atomic E-state index is 0.343. The van der Waals surface area contributed by atoms with Gasteiger partial charge in [-0.05, 0) is 48.5 Å². The van der Waals surface area contributed by atoms with Gasteiger partial charge in [0.2, 0.25) is 0 Å². The van der Waals surface area contributed by atoms with Gasteiger partial charge in [0.1, 0.15) is 0 Å². The van der Waals surface area contributed by atoms with E-state index in [-0.39, 0.29) is 0 Å². The largest absolute Gasteiger partial charge is 0.295 e. The van der Waals surface area contributed by atoms with Crippen LogP contribution >= 0.6 is 0 Å². The fourth-order valence-electron chi connectivity index (χ4n) is 3.19. The van der Waals surface area contributed by atoms with Crippen molar-refractivity contribution in [1.29, 1.82) is 0 Å². The van der Waals surface area contributed by atoms with Crippen LogP contribution in [0.2, 0.25) is 0 Å². The van der Waals surface area contributed by atoms with Gasteiger partial charge >= 0.3 is 0 Å². The normalized spacial score (nSPS) is 35.6. The fraction of sp³-hybridized carbons (Fsp3) is 0.800. The van der Waals surface area contributed by atoms with Gasteiger partial charge in [-0.2, -0.15) is 0 Å². The summed E-state index contributed by atoms with van der Waals surface area (Å²) in [6.07, 6.45) is 7.54. The minimum absolute atomic E-state index is 0.343. The molecule has 0 aromatic heterocycles. The van der Waals surface area contributed by atoms with Crippen LogP contribution in [0.1, 0.15) is 59.8 Å². The van der Waals surface area contributed by atoms with Gasteiger partial charge < -0.3 is 0 Å². The van der Waals surface area contributed by atoms with Gasteiger partial charge in [0.25, 0.3) is 0 Å². The molecule has 0 amide bonds. The Hall–Kier alpha value is -0.590. The van der Waals surface area contributed by atoms with E-state index in [2.05, 4.69) is 27.7 Å². The van der Waals surface area contributed by atoms with Crippen LogP contribution in [0.3, 0.4) is 0 Å². The fourth-order valence-corrected chi connectivity index (χ4v) is 3.19. The van der Waals surface area contributed by atoms with E-state index in [1.807, 2.05) is 6.08 Å². The maximum Gasteiger partial charge on any atom is 0.155 e. The lowest BCUT2D eigenvalue weighted by molar-refractivity contribution is -0.116. The monoisotopic (exact) mass is 220 g/mol. The molecule has 2 atom stereocenters. The van der Waals surface area contributed by atoms with Crippen LogP contribution in [-0.2, 0) is 4.79 Å². The maximum absolute atomic E-state index is 11.5. The quantitative estimate of drug-likeness (QED) is 0.600. The first-order valence-corrected chi connectivity index (χ1v) is 6.55. The molecule has 90 valence electrons. The highest BCUT2D eigenvalue weighted by Gasteiger charge is 2.40. The molecule has 0 spiro atoms. The predicted octanol–water partition coefficient (Wildman–Crippen LogP) is 4.13. The van der Waals surface area contributed by atoms with Gasteiger partial charge in [0.05, 0.1) is 0 Å². The smallest absolute Gasteiger partial charge is 0.155 e. The molecule has 0 radical (unpaired) electrons. The number of hydrogen-bond donors (Lipinski definition) is 0. The molecule has 1 saturated carbocycles. The molecule has 1 fully saturated rings. The van der Waals surface area contributed by atoms with Gasteiger partial charge in [-0.1, -0.05) is 33.3 Å². The van der Waals surface area contributed by atoms with Crippen molar-refractivity contribution >= 4 is 5.78 Å². The van der Waals surface area contributed by atoms with Crippen molar-refractivity contribution in [1.82, 2.24) is 0 Å². The van der Waals surface area contributed by atoms with E-state index in [1.165, 1.54) is 18.4 Å². The number of rotatable bonds is 0. The molecule has 16 heavy (non-hydrogen) atoms. The topological polar surface area (TPSA) is 17.1 Å². The lowest BCUT2D eigenvalue weighted by Gasteiger charge is -2.45. The van der Waals surface area contributed by atoms with E-state index in [9.17, 15) is 4.79 Å². The summed E-state index contributed by atoms with van der Waals surface area (Å²) in [6, 6.07) is 0. The Morgan fingerprint density at radius 2 is 2.00 bits per heavy atom. The van der Waals surface area contributed by atoms with Gasteiger partial charge in [-0.15, -0.1) is 0 Å². The summed E-state index contributed by atoms with van der Waals surface area (Å²) in [6.45, 7) is 9.33. The van der Waals surface area contributed by atoms with E-state index >= 15 is 0 Å². The van der Waals surface area contributed by atoms with E-state index in [1.54, 1.807) is 0 Å². The maximum atomic E-state index is 11.5. The van der Waals surface area contributed by atoms with Crippen molar-refractivity contribution < 1.29 is 4.79 Å². The molecule has 2 aliphatic rings. The van der Waals surface area contributed by atoms with Crippen LogP contribution < -0.4 is 0 Å². The van der Waals surface area contributed by atoms with E-state index in [4.69, 9.17) is 0 Å². The summed E-state index contributed by atoms with van der Waals surface area (Å²) in [5.41, 5.74) is 2.16. The van der Waals surface area contributed by atoms with Crippen molar-refractivity contribution in [2.75, 3.05) is 0 Å². The number of hydrogen-bond acceptors (Lipinski definition) is 1. The van der Waals surface area contributed by atoms with Gasteiger partial charge in [0.15, 0.2) is 5.78 Å². The SMILES string of the molecule is CC(C)(C)[C@H]1CC[C@@]2(C)CCC(=O)C=C2C1. The Morgan fingerprint density at radius 1 is 1.31 bits per heavy atom. The zero-order valence-corrected chi connectivity index (χ0v) is 11.1. The number of carbonyl (C=O) groups is 1. The molecule has 0 aromatic carbocycles. The van der Waals surface area contributed by atoms with Crippen LogP contribution in [0.15, 0.2) is 11.6 Å². The molecule has 0 N–H and O–H groups in total. The number of fused-ring (bicyclic) bond motifs is 1. The van der Waals surface area contributed by atoms with E-state index < -0.39 is 0 Å². The number of ketones is 1. The van der Waals surface area contributed by atoms with Crippen molar-refractivity contribution in [3.05, 3.63) is 11.6 Å². The zero-order valence-electron chi connectivity index (χ0n) is 11.1. The molecular formula is C15H24O. The molecular weight excluding hydrogens is 196 g/mol. The molecule has 0 aliphatic heterocycles. The number of allylic oxidation sites excluding steroid dienone is 2. The molecule has 0 saturated heterocycles. The predicted molar refractivity (Wildman–Crippen MR) is 67.2 cm³/mol. The summed E-state index contributed by atoms with van der Waals surface area (Å²) in [5.74, 6) is 1.10. The summed E-state index contributed by atoms with van der Waals surface area (Å²) in [4.78, 5) is 11.5. The highest BCUT2D eigenvalue weighted by molar-refractivity contribution is 5.91. The first-order chi connectivity index (χ1) is 7.31. The van der Waals surface area contributed by atoms with Crippen molar-refractivity contribution in [2.24, 2.45) is 16.7 Å². The summed E-state index contributed by atoms with van der Waals surface area (Å²) >= 11 is 0. The Morgan fingerprint density at radius 3 is 2.62 bits per heavy atom. The standard InChI is InChI=1S/C15H24O/c1-14(2,3)11-5-7-15(4)8-6-13(16)10-12(15)9-11/h10-11H,5-9H2,1-4H3/t11-,15-/m0/s1. The second-order valence-corrected chi connectivity index (χ2v) is 7.00. The first-order valence-electron chi connectivity index (χ1n) is 6.55. The third kappa shape index (κ3) is 2.09. The molecule has 2 rings (SSSR count). The van der Waals surface area contributed by atoms with Gasteiger partial charge in [0, 0.05) is 6.42 Å². The second kappa shape index (κ2) is 3.72. The minimum Gasteiger partial charge on any atom is -0.295 e. The van der Waals surface area contributed by atoms with Crippen LogP contribution in [0, 0.1) is 16.7 Å². The molecule has 0 heterocycles. The first kappa shape index (κ1) is 11.9. The van der Waals surface area contributed by atoms with Gasteiger partial charge in [-0.25, -0.2) is 0 Å². The molecule has 0 aromatic rings. The molecule has 1 heteroatoms. The second-order valence-electron chi connectivity index (χ2n) is 7.00. The average molecular weight is 220 g/mol. The molecule has 0 unspecified atom stereocenters. The van der Waals surface area contributed by atoms with Crippen LogP contribution in [0.4, 0.5) is 0 Å². The lowest BCUT2D eigenvalue weighted by atomic mass is 9.59. The summed E-state index contributed by atoms with van der Waals surface area (Å²) in [5, 5.41) is 0. The molecule has 1 nitrogen and oxygen atoms in total. The Labute approximate surface area is 99.3 Å². The Kier molecular flexibility index (Phi) is 2.76. The summed E-state index contributed by atoms with van der Waals surface area (Å²) in [7, 11) is 0. The zero-order chi connectivity index (χ0) is 12.0. The average Bonchev–Trinajstić information content (AvgIpc) is 2.16.